The summed E-state index contributed by atoms with van der Waals surface area (Å²) < 4.78 is 6.13. The fourth-order valence-corrected chi connectivity index (χ4v) is 7.71. The van der Waals surface area contributed by atoms with Crippen molar-refractivity contribution in [2.24, 2.45) is 21.7 Å². The lowest BCUT2D eigenvalue weighted by molar-refractivity contribution is -0.134. The molecular weight excluding hydrogens is 568 g/mol. The van der Waals surface area contributed by atoms with Crippen LogP contribution in [0.4, 0.5) is 0 Å². The van der Waals surface area contributed by atoms with Gasteiger partial charge in [0.25, 0.3) is 11.8 Å². The smallest absolute Gasteiger partial charge is 0.291 e. The Morgan fingerprint density at radius 2 is 1.71 bits per heavy atom. The molecule has 6 rings (SSSR count). The topological polar surface area (TPSA) is 129 Å². The van der Waals surface area contributed by atoms with Crippen LogP contribution in [0.15, 0.2) is 29.3 Å². The van der Waals surface area contributed by atoms with E-state index in [-0.39, 0.29) is 47.4 Å². The number of carbonyl (C=O) groups excluding carboxylic acids is 2. The van der Waals surface area contributed by atoms with Crippen molar-refractivity contribution >= 4 is 17.6 Å². The van der Waals surface area contributed by atoms with Crippen molar-refractivity contribution in [3.8, 4) is 0 Å². The Morgan fingerprint density at radius 3 is 2.29 bits per heavy atom. The lowest BCUT2D eigenvalue weighted by Gasteiger charge is -2.47. The number of rotatable bonds is 7. The first-order chi connectivity index (χ1) is 21.3. The van der Waals surface area contributed by atoms with E-state index in [0.29, 0.717) is 23.1 Å². The molecule has 244 valence electrons. The molecule has 3 aliphatic heterocycles. The molecule has 1 spiro atoms. The number of aromatic nitrogens is 4. The number of fused-ring (bicyclic) bond motifs is 2. The number of nitrogens with one attached hydrogen (secondary N) is 2. The Bertz CT molecular complexity index is 1370. The van der Waals surface area contributed by atoms with Gasteiger partial charge >= 0.3 is 0 Å². The van der Waals surface area contributed by atoms with Crippen molar-refractivity contribution in [2.75, 3.05) is 13.1 Å². The molecule has 3 atom stereocenters. The molecular formula is C34H50N8O3. The van der Waals surface area contributed by atoms with Gasteiger partial charge in [-0.25, -0.2) is 4.99 Å². The monoisotopic (exact) mass is 618 g/mol. The van der Waals surface area contributed by atoms with Gasteiger partial charge in [0, 0.05) is 18.7 Å². The van der Waals surface area contributed by atoms with Crippen molar-refractivity contribution in [2.45, 2.75) is 123 Å². The van der Waals surface area contributed by atoms with E-state index in [1.165, 1.54) is 0 Å². The van der Waals surface area contributed by atoms with E-state index < -0.39 is 5.66 Å². The number of hydrogen-bond donors (Lipinski definition) is 2. The molecule has 1 saturated carbocycles. The molecule has 0 radical (unpaired) electrons. The first-order valence-electron chi connectivity index (χ1n) is 16.8. The number of ether oxygens (including phenoxy) is 1. The number of hydrogen-bond acceptors (Lipinski definition) is 8. The van der Waals surface area contributed by atoms with Crippen molar-refractivity contribution in [1.82, 2.24) is 35.7 Å². The zero-order chi connectivity index (χ0) is 32.0. The van der Waals surface area contributed by atoms with Gasteiger partial charge in [0.15, 0.2) is 11.7 Å². The average molecular weight is 619 g/mol. The number of carbonyl (C=O) groups is 2. The number of H-pyrrole nitrogens is 1. The summed E-state index contributed by atoms with van der Waals surface area (Å²) in [5.41, 5.74) is 1.34. The highest BCUT2D eigenvalue weighted by Gasteiger charge is 2.54. The van der Waals surface area contributed by atoms with E-state index in [4.69, 9.17) is 9.73 Å². The summed E-state index contributed by atoms with van der Waals surface area (Å²) in [7, 11) is 0. The molecule has 4 aliphatic rings. The van der Waals surface area contributed by atoms with E-state index in [1.54, 1.807) is 0 Å². The first kappa shape index (κ1) is 31.6. The fraction of sp³-hybridized carbons (Fsp3) is 0.706. The summed E-state index contributed by atoms with van der Waals surface area (Å²) in [5, 5.41) is 16.6. The minimum absolute atomic E-state index is 0.0475. The molecule has 1 aliphatic carbocycles. The van der Waals surface area contributed by atoms with Crippen LogP contribution in [0.2, 0.25) is 0 Å². The number of aliphatic imine (C=N–C) groups is 1. The van der Waals surface area contributed by atoms with Crippen LogP contribution in [0.25, 0.3) is 0 Å². The van der Waals surface area contributed by atoms with Crippen LogP contribution < -0.4 is 5.32 Å². The van der Waals surface area contributed by atoms with Crippen molar-refractivity contribution < 1.29 is 14.3 Å². The van der Waals surface area contributed by atoms with Gasteiger partial charge < -0.3 is 19.9 Å². The molecule has 11 heteroatoms. The highest BCUT2D eigenvalue weighted by atomic mass is 16.5. The lowest BCUT2D eigenvalue weighted by Crippen LogP contribution is -2.53. The Kier molecular flexibility index (Phi) is 8.52. The Labute approximate surface area is 266 Å². The SMILES string of the molecule is CC(C)(C)CC[C@H](c1ccc(C(=O)NCc2nn[nH]n2)cc1)N1C(=O)C(N2C[C@H]3CC[C@H](C2)O3)=NC12CCC(C(C)(C)C)CC2. The molecule has 1 aromatic carbocycles. The molecule has 2 bridgehead atoms. The Morgan fingerprint density at radius 1 is 1.04 bits per heavy atom. The number of likely N-dealkylation sites (tertiary alicyclic amines) is 1. The Balaban J connectivity index is 1.31. The molecule has 0 unspecified atom stereocenters. The number of aromatic amines is 1. The van der Waals surface area contributed by atoms with Gasteiger partial charge in [0.1, 0.15) is 5.66 Å². The van der Waals surface area contributed by atoms with Gasteiger partial charge in [0.2, 0.25) is 0 Å². The maximum absolute atomic E-state index is 14.7. The Hall–Kier alpha value is -3.34. The zero-order valence-electron chi connectivity index (χ0n) is 27.8. The van der Waals surface area contributed by atoms with E-state index in [9.17, 15) is 9.59 Å². The average Bonchev–Trinajstić information content (AvgIpc) is 3.70. The normalized spacial score (nSPS) is 27.6. The predicted octanol–water partition coefficient (Wildman–Crippen LogP) is 5.03. The summed E-state index contributed by atoms with van der Waals surface area (Å²) in [6.07, 6.45) is 8.04. The van der Waals surface area contributed by atoms with Gasteiger partial charge in [-0.05, 0) is 85.8 Å². The molecule has 45 heavy (non-hydrogen) atoms. The summed E-state index contributed by atoms with van der Waals surface area (Å²) in [4.78, 5) is 37.5. The molecule has 2 saturated heterocycles. The maximum atomic E-state index is 14.7. The number of tetrazole rings is 1. The molecule has 1 aromatic heterocycles. The van der Waals surface area contributed by atoms with Crippen LogP contribution in [-0.2, 0) is 16.1 Å². The van der Waals surface area contributed by atoms with Crippen LogP contribution in [0.3, 0.4) is 0 Å². The zero-order valence-corrected chi connectivity index (χ0v) is 27.8. The van der Waals surface area contributed by atoms with E-state index >= 15 is 0 Å². The van der Waals surface area contributed by atoms with E-state index in [2.05, 4.69) is 77.3 Å². The summed E-state index contributed by atoms with van der Waals surface area (Å²) in [6.45, 7) is 15.4. The summed E-state index contributed by atoms with van der Waals surface area (Å²) in [5.74, 6) is 1.48. The second-order valence-corrected chi connectivity index (χ2v) is 15.8. The molecule has 3 fully saturated rings. The third kappa shape index (κ3) is 6.78. The van der Waals surface area contributed by atoms with E-state index in [0.717, 1.165) is 70.0 Å². The number of amides is 2. The molecule has 2 aromatic rings. The minimum atomic E-state index is -0.561. The predicted molar refractivity (Wildman–Crippen MR) is 171 cm³/mol. The third-order valence-corrected chi connectivity index (χ3v) is 10.4. The fourth-order valence-electron chi connectivity index (χ4n) is 7.71. The standard InChI is InChI=1S/C34H50N8O3/c1-32(2,3)16-15-27(22-7-9-23(10-8-22)30(43)35-19-28-37-39-40-38-28)42-31(44)29(41-20-25-11-12-26(21-41)45-25)36-34(42)17-13-24(14-18-34)33(4,5)6/h7-10,24-27H,11-21H2,1-6H3,(H,35,43)(H,37,38,39,40)/t24?,25-,26-,27-,34?/m1/s1. The first-order valence-corrected chi connectivity index (χ1v) is 16.8. The number of amidine groups is 1. The van der Waals surface area contributed by atoms with Crippen molar-refractivity contribution in [3.05, 3.63) is 41.2 Å². The summed E-state index contributed by atoms with van der Waals surface area (Å²) >= 11 is 0. The van der Waals surface area contributed by atoms with Gasteiger partial charge in [-0.3, -0.25) is 9.59 Å². The number of benzene rings is 1. The largest absolute Gasteiger partial charge is 0.371 e. The second kappa shape index (κ2) is 12.1. The van der Waals surface area contributed by atoms with Gasteiger partial charge in [-0.1, -0.05) is 58.9 Å². The molecule has 2 N–H and O–H groups in total. The van der Waals surface area contributed by atoms with Crippen LogP contribution in [0.5, 0.6) is 0 Å². The van der Waals surface area contributed by atoms with Crippen molar-refractivity contribution in [1.29, 1.82) is 0 Å². The quantitative estimate of drug-likeness (QED) is 0.445. The molecule has 4 heterocycles. The number of morpholine rings is 1. The molecule has 2 amide bonds. The van der Waals surface area contributed by atoms with Gasteiger partial charge in [0.05, 0.1) is 24.8 Å². The highest BCUT2D eigenvalue weighted by Crippen LogP contribution is 2.50. The van der Waals surface area contributed by atoms with Crippen LogP contribution in [0, 0.1) is 16.7 Å². The molecule has 11 nitrogen and oxygen atoms in total. The van der Waals surface area contributed by atoms with Crippen LogP contribution in [-0.4, -0.2) is 79.0 Å². The summed E-state index contributed by atoms with van der Waals surface area (Å²) in [6, 6.07) is 7.60. The van der Waals surface area contributed by atoms with Crippen LogP contribution >= 0.6 is 0 Å². The maximum Gasteiger partial charge on any atom is 0.291 e. The van der Waals surface area contributed by atoms with Gasteiger partial charge in [-0.2, -0.15) is 5.21 Å². The third-order valence-electron chi connectivity index (χ3n) is 10.4. The van der Waals surface area contributed by atoms with Crippen LogP contribution in [0.1, 0.15) is 121 Å². The minimum Gasteiger partial charge on any atom is -0.371 e. The van der Waals surface area contributed by atoms with Gasteiger partial charge in [-0.15, -0.1) is 10.2 Å². The number of nitrogens with zero attached hydrogens (tertiary/aromatic N) is 6. The van der Waals surface area contributed by atoms with Crippen molar-refractivity contribution in [3.63, 3.8) is 0 Å². The van der Waals surface area contributed by atoms with E-state index in [1.807, 2.05) is 24.3 Å². The highest BCUT2D eigenvalue weighted by molar-refractivity contribution is 6.39. The lowest BCUT2D eigenvalue weighted by atomic mass is 9.69. The second-order valence-electron chi connectivity index (χ2n) is 15.8.